The maximum absolute atomic E-state index is 12.0. The smallest absolute Gasteiger partial charge is 0.309 e. The molecule has 0 N–H and O–H groups in total. The summed E-state index contributed by atoms with van der Waals surface area (Å²) in [7, 11) is -4.27. The Hall–Kier alpha value is -0.333. The molecule has 3 nitrogen and oxygen atoms in total. The third kappa shape index (κ3) is 9.38. The van der Waals surface area contributed by atoms with E-state index in [1.165, 1.54) is 0 Å². The van der Waals surface area contributed by atoms with Crippen LogP contribution in [0.2, 0.25) is 19.6 Å². The molecular formula is C12H23O3PSi. The van der Waals surface area contributed by atoms with Crippen LogP contribution in [0.4, 0.5) is 0 Å². The van der Waals surface area contributed by atoms with Crippen molar-refractivity contribution in [2.45, 2.75) is 33.5 Å². The van der Waals surface area contributed by atoms with Gasteiger partial charge in [0.25, 0.3) is 0 Å². The molecule has 0 atom stereocenters. The SMILES string of the molecule is CCOP(=O)(C/C=C/C#C[Si](C)(C)C)OCC. The van der Waals surface area contributed by atoms with Gasteiger partial charge >= 0.3 is 7.60 Å². The Morgan fingerprint density at radius 3 is 2.12 bits per heavy atom. The fourth-order valence-corrected chi connectivity index (χ4v) is 2.99. The number of hydrogen-bond donors (Lipinski definition) is 0. The fraction of sp³-hybridized carbons (Fsp3) is 0.667. The lowest BCUT2D eigenvalue weighted by Gasteiger charge is -2.14. The lowest BCUT2D eigenvalue weighted by Crippen LogP contribution is -2.16. The second-order valence-corrected chi connectivity index (χ2v) is 11.4. The zero-order valence-corrected chi connectivity index (χ0v) is 13.3. The van der Waals surface area contributed by atoms with Crippen molar-refractivity contribution in [2.75, 3.05) is 19.4 Å². The number of rotatable bonds is 6. The molecule has 0 aromatic carbocycles. The van der Waals surface area contributed by atoms with Crippen LogP contribution >= 0.6 is 7.60 Å². The molecular weight excluding hydrogens is 251 g/mol. The highest BCUT2D eigenvalue weighted by atomic mass is 31.2. The minimum Gasteiger partial charge on any atom is -0.309 e. The molecule has 17 heavy (non-hydrogen) atoms. The second-order valence-electron chi connectivity index (χ2n) is 4.55. The van der Waals surface area contributed by atoms with Gasteiger partial charge in [0, 0.05) is 0 Å². The van der Waals surface area contributed by atoms with E-state index in [0.717, 1.165) is 0 Å². The molecule has 0 aliphatic heterocycles. The molecule has 0 bridgehead atoms. The van der Waals surface area contributed by atoms with Gasteiger partial charge < -0.3 is 9.05 Å². The van der Waals surface area contributed by atoms with Gasteiger partial charge in [-0.1, -0.05) is 31.6 Å². The van der Waals surface area contributed by atoms with Gasteiger partial charge in [-0.25, -0.2) is 0 Å². The molecule has 0 heterocycles. The molecule has 0 unspecified atom stereocenters. The molecule has 0 saturated heterocycles. The van der Waals surface area contributed by atoms with Gasteiger partial charge in [0.1, 0.15) is 8.07 Å². The van der Waals surface area contributed by atoms with Gasteiger partial charge in [0.05, 0.1) is 19.4 Å². The largest absolute Gasteiger partial charge is 0.334 e. The average Bonchev–Trinajstić information content (AvgIpc) is 2.16. The van der Waals surface area contributed by atoms with Crippen molar-refractivity contribution < 1.29 is 13.6 Å². The van der Waals surface area contributed by atoms with E-state index in [2.05, 4.69) is 31.1 Å². The molecule has 0 aromatic heterocycles. The van der Waals surface area contributed by atoms with E-state index in [-0.39, 0.29) is 6.16 Å². The molecule has 0 rings (SSSR count). The van der Waals surface area contributed by atoms with Gasteiger partial charge in [-0.05, 0) is 19.9 Å². The second kappa shape index (κ2) is 7.89. The zero-order chi connectivity index (χ0) is 13.4. The normalized spacial score (nSPS) is 12.5. The van der Waals surface area contributed by atoms with E-state index in [0.29, 0.717) is 13.2 Å². The van der Waals surface area contributed by atoms with Crippen LogP contribution in [0.5, 0.6) is 0 Å². The third-order valence-electron chi connectivity index (χ3n) is 1.63. The van der Waals surface area contributed by atoms with Crippen LogP contribution in [0.15, 0.2) is 12.2 Å². The Morgan fingerprint density at radius 2 is 1.71 bits per heavy atom. The summed E-state index contributed by atoms with van der Waals surface area (Å²) in [6.45, 7) is 10.9. The maximum atomic E-state index is 12.0. The molecule has 0 aromatic rings. The number of allylic oxidation sites excluding steroid dienone is 2. The van der Waals surface area contributed by atoms with Gasteiger partial charge in [0.2, 0.25) is 0 Å². The molecule has 0 saturated carbocycles. The maximum Gasteiger partial charge on any atom is 0.334 e. The summed E-state index contributed by atoms with van der Waals surface area (Å²) in [6, 6.07) is 0. The van der Waals surface area contributed by atoms with Crippen LogP contribution < -0.4 is 0 Å². The summed E-state index contributed by atoms with van der Waals surface area (Å²) in [5.41, 5.74) is 3.20. The van der Waals surface area contributed by atoms with Gasteiger partial charge in [-0.15, -0.1) is 5.54 Å². The molecule has 0 fully saturated rings. The fourth-order valence-electron chi connectivity index (χ4n) is 1.03. The van der Waals surface area contributed by atoms with Crippen LogP contribution in [0.25, 0.3) is 0 Å². The van der Waals surface area contributed by atoms with Crippen LogP contribution in [0, 0.1) is 11.5 Å². The van der Waals surface area contributed by atoms with E-state index in [1.807, 2.05) is 0 Å². The molecule has 0 aliphatic rings. The summed E-state index contributed by atoms with van der Waals surface area (Å²) >= 11 is 0. The van der Waals surface area contributed by atoms with Crippen LogP contribution in [-0.2, 0) is 13.6 Å². The highest BCUT2D eigenvalue weighted by Crippen LogP contribution is 2.47. The Morgan fingerprint density at radius 1 is 1.18 bits per heavy atom. The Bertz CT molecular complexity index is 337. The first-order chi connectivity index (χ1) is 7.83. The summed E-state index contributed by atoms with van der Waals surface area (Å²) in [5.74, 6) is 2.98. The van der Waals surface area contributed by atoms with E-state index < -0.39 is 15.7 Å². The highest BCUT2D eigenvalue weighted by Gasteiger charge is 2.20. The van der Waals surface area contributed by atoms with E-state index in [9.17, 15) is 4.57 Å². The minimum absolute atomic E-state index is 0.287. The van der Waals surface area contributed by atoms with Crippen LogP contribution in [0.3, 0.4) is 0 Å². The topological polar surface area (TPSA) is 35.5 Å². The summed E-state index contributed by atoms with van der Waals surface area (Å²) in [4.78, 5) is 0. The molecule has 98 valence electrons. The third-order valence-corrected chi connectivity index (χ3v) is 4.48. The predicted molar refractivity (Wildman–Crippen MR) is 76.0 cm³/mol. The molecule has 5 heteroatoms. The van der Waals surface area contributed by atoms with Gasteiger partial charge in [-0.2, -0.15) is 0 Å². The number of hydrogen-bond acceptors (Lipinski definition) is 3. The molecule has 0 spiro atoms. The summed E-state index contributed by atoms with van der Waals surface area (Å²) in [6.07, 6.45) is 3.79. The molecule has 0 aliphatic carbocycles. The zero-order valence-electron chi connectivity index (χ0n) is 11.4. The van der Waals surface area contributed by atoms with Crippen molar-refractivity contribution >= 4 is 15.7 Å². The Kier molecular flexibility index (Phi) is 7.74. The Labute approximate surface area is 106 Å². The first-order valence-corrected chi connectivity index (χ1v) is 11.1. The quantitative estimate of drug-likeness (QED) is 0.421. The van der Waals surface area contributed by atoms with Crippen molar-refractivity contribution in [1.29, 1.82) is 0 Å². The average molecular weight is 274 g/mol. The van der Waals surface area contributed by atoms with E-state index in [1.54, 1.807) is 26.0 Å². The first kappa shape index (κ1) is 16.7. The molecule has 0 radical (unpaired) electrons. The van der Waals surface area contributed by atoms with Gasteiger partial charge in [-0.3, -0.25) is 4.57 Å². The monoisotopic (exact) mass is 274 g/mol. The van der Waals surface area contributed by atoms with Crippen molar-refractivity contribution in [2.24, 2.45) is 0 Å². The van der Waals surface area contributed by atoms with E-state index in [4.69, 9.17) is 9.05 Å². The first-order valence-electron chi connectivity index (χ1n) is 5.89. The predicted octanol–water partition coefficient (Wildman–Crippen LogP) is 3.69. The van der Waals surface area contributed by atoms with Crippen LogP contribution in [-0.4, -0.2) is 27.4 Å². The Balaban J connectivity index is 4.35. The van der Waals surface area contributed by atoms with Crippen molar-refractivity contribution in [3.05, 3.63) is 12.2 Å². The lowest BCUT2D eigenvalue weighted by atomic mass is 10.5. The highest BCUT2D eigenvalue weighted by molar-refractivity contribution is 7.54. The van der Waals surface area contributed by atoms with Crippen LogP contribution in [0.1, 0.15) is 13.8 Å². The van der Waals surface area contributed by atoms with Gasteiger partial charge in [0.15, 0.2) is 0 Å². The van der Waals surface area contributed by atoms with Crippen molar-refractivity contribution in [3.8, 4) is 11.5 Å². The van der Waals surface area contributed by atoms with Crippen molar-refractivity contribution in [3.63, 3.8) is 0 Å². The van der Waals surface area contributed by atoms with Crippen molar-refractivity contribution in [1.82, 2.24) is 0 Å². The minimum atomic E-state index is -2.94. The summed E-state index contributed by atoms with van der Waals surface area (Å²) in [5, 5.41) is 0. The standard InChI is InChI=1S/C12H23O3PSi/c1-6-14-16(13,15-7-2)11-9-8-10-12-17(3,4)5/h8-9H,6-7,11H2,1-5H3/b9-8+. The lowest BCUT2D eigenvalue weighted by molar-refractivity contribution is 0.222. The van der Waals surface area contributed by atoms with E-state index >= 15 is 0 Å². The summed E-state index contributed by atoms with van der Waals surface area (Å²) < 4.78 is 22.4. The molecule has 0 amide bonds.